The van der Waals surface area contributed by atoms with Gasteiger partial charge in [0.2, 0.25) is 0 Å². The number of hydrogen-bond acceptors (Lipinski definition) is 2. The Morgan fingerprint density at radius 2 is 2.31 bits per heavy atom. The molecule has 1 heterocycles. The molecule has 1 aromatic heterocycles. The van der Waals surface area contributed by atoms with Gasteiger partial charge in [-0.05, 0) is 51.3 Å². The van der Waals surface area contributed by atoms with Gasteiger partial charge in [-0.2, -0.15) is 0 Å². The van der Waals surface area contributed by atoms with E-state index in [4.69, 9.17) is 4.42 Å². The molecular formula is C14H21NO. The van der Waals surface area contributed by atoms with Crippen molar-refractivity contribution in [3.8, 4) is 0 Å². The Hall–Kier alpha value is -1.02. The van der Waals surface area contributed by atoms with Crippen LogP contribution in [-0.4, -0.2) is 13.1 Å². The normalized spacial score (nSPS) is 18.2. The molecule has 2 rings (SSSR count). The number of nitrogens with one attached hydrogen (secondary N) is 1. The van der Waals surface area contributed by atoms with Crippen LogP contribution in [0.3, 0.4) is 0 Å². The predicted molar refractivity (Wildman–Crippen MR) is 66.4 cm³/mol. The summed E-state index contributed by atoms with van der Waals surface area (Å²) < 4.78 is 5.40. The summed E-state index contributed by atoms with van der Waals surface area (Å²) in [5.74, 6) is 1.08. The lowest BCUT2D eigenvalue weighted by Crippen LogP contribution is -2.28. The fraction of sp³-hybridized carbons (Fsp3) is 0.571. The monoisotopic (exact) mass is 219 g/mol. The van der Waals surface area contributed by atoms with Gasteiger partial charge in [0.1, 0.15) is 5.76 Å². The largest absolute Gasteiger partial charge is 0.469 e. The third kappa shape index (κ3) is 3.24. The number of rotatable bonds is 5. The molecule has 0 radical (unpaired) electrons. The van der Waals surface area contributed by atoms with Crippen molar-refractivity contribution in [1.29, 1.82) is 0 Å². The van der Waals surface area contributed by atoms with Gasteiger partial charge in [-0.25, -0.2) is 0 Å². The Labute approximate surface area is 97.7 Å². The number of likely N-dealkylation sites (N-methyl/N-ethyl adjacent to an activating group) is 1. The first-order valence-corrected chi connectivity index (χ1v) is 6.26. The maximum absolute atomic E-state index is 5.40. The minimum Gasteiger partial charge on any atom is -0.469 e. The molecule has 0 spiro atoms. The van der Waals surface area contributed by atoms with E-state index >= 15 is 0 Å². The standard InChI is InChI=1S/C14H21NO/c1-15-13(11-14-8-5-9-16-14)10-12-6-3-2-4-7-12/h5-6,8-9,13,15H,2-4,7,10-11H2,1H3. The highest BCUT2D eigenvalue weighted by molar-refractivity contribution is 5.09. The molecule has 1 aliphatic carbocycles. The predicted octanol–water partition coefficient (Wildman–Crippen LogP) is 3.30. The van der Waals surface area contributed by atoms with Crippen LogP contribution in [0.2, 0.25) is 0 Å². The number of furan rings is 1. The van der Waals surface area contributed by atoms with Gasteiger partial charge in [0.25, 0.3) is 0 Å². The lowest BCUT2D eigenvalue weighted by Gasteiger charge is -2.19. The van der Waals surface area contributed by atoms with Crippen molar-refractivity contribution < 1.29 is 4.42 Å². The van der Waals surface area contributed by atoms with Crippen LogP contribution in [0.4, 0.5) is 0 Å². The zero-order valence-electron chi connectivity index (χ0n) is 10.0. The van der Waals surface area contributed by atoms with Crippen LogP contribution in [0.15, 0.2) is 34.5 Å². The summed E-state index contributed by atoms with van der Waals surface area (Å²) in [6.45, 7) is 0. The molecule has 16 heavy (non-hydrogen) atoms. The minimum absolute atomic E-state index is 0.510. The lowest BCUT2D eigenvalue weighted by molar-refractivity contribution is 0.451. The third-order valence-corrected chi connectivity index (χ3v) is 3.33. The lowest BCUT2D eigenvalue weighted by atomic mass is 9.93. The van der Waals surface area contributed by atoms with Crippen molar-refractivity contribution in [2.75, 3.05) is 7.05 Å². The van der Waals surface area contributed by atoms with Crippen molar-refractivity contribution in [1.82, 2.24) is 5.32 Å². The molecule has 88 valence electrons. The molecule has 1 aromatic rings. The smallest absolute Gasteiger partial charge is 0.105 e. The fourth-order valence-electron chi connectivity index (χ4n) is 2.35. The first-order chi connectivity index (χ1) is 7.88. The summed E-state index contributed by atoms with van der Waals surface area (Å²) >= 11 is 0. The van der Waals surface area contributed by atoms with Gasteiger partial charge in [0.05, 0.1) is 6.26 Å². The molecule has 0 saturated heterocycles. The van der Waals surface area contributed by atoms with Crippen LogP contribution in [0.5, 0.6) is 0 Å². The van der Waals surface area contributed by atoms with Crippen LogP contribution in [0.1, 0.15) is 37.9 Å². The highest BCUT2D eigenvalue weighted by Crippen LogP contribution is 2.22. The minimum atomic E-state index is 0.510. The van der Waals surface area contributed by atoms with E-state index in [2.05, 4.69) is 17.5 Å². The molecule has 1 aliphatic rings. The Morgan fingerprint density at radius 1 is 1.38 bits per heavy atom. The molecule has 0 saturated carbocycles. The summed E-state index contributed by atoms with van der Waals surface area (Å²) in [6, 6.07) is 4.53. The average Bonchev–Trinajstić information content (AvgIpc) is 2.82. The Bertz CT molecular complexity index is 327. The highest BCUT2D eigenvalue weighted by Gasteiger charge is 2.12. The molecule has 0 fully saturated rings. The van der Waals surface area contributed by atoms with Crippen LogP contribution >= 0.6 is 0 Å². The third-order valence-electron chi connectivity index (χ3n) is 3.33. The number of allylic oxidation sites excluding steroid dienone is 1. The van der Waals surface area contributed by atoms with Crippen molar-refractivity contribution in [2.45, 2.75) is 44.6 Å². The maximum Gasteiger partial charge on any atom is 0.105 e. The van der Waals surface area contributed by atoms with Gasteiger partial charge in [-0.3, -0.25) is 0 Å². The van der Waals surface area contributed by atoms with E-state index < -0.39 is 0 Å². The van der Waals surface area contributed by atoms with Crippen molar-refractivity contribution in [2.24, 2.45) is 0 Å². The second-order valence-corrected chi connectivity index (χ2v) is 4.58. The Balaban J connectivity index is 1.87. The summed E-state index contributed by atoms with van der Waals surface area (Å²) in [4.78, 5) is 0. The van der Waals surface area contributed by atoms with E-state index in [0.717, 1.165) is 18.6 Å². The molecule has 1 atom stereocenters. The van der Waals surface area contributed by atoms with Crippen molar-refractivity contribution in [3.05, 3.63) is 35.8 Å². The van der Waals surface area contributed by atoms with Crippen molar-refractivity contribution >= 4 is 0 Å². The van der Waals surface area contributed by atoms with Gasteiger partial charge >= 0.3 is 0 Å². The maximum atomic E-state index is 5.40. The van der Waals surface area contributed by atoms with E-state index in [1.54, 1.807) is 11.8 Å². The molecule has 0 bridgehead atoms. The van der Waals surface area contributed by atoms with E-state index in [0.29, 0.717) is 6.04 Å². The Kier molecular flexibility index (Phi) is 4.23. The summed E-state index contributed by atoms with van der Waals surface area (Å²) in [6.07, 6.45) is 11.6. The second-order valence-electron chi connectivity index (χ2n) is 4.58. The van der Waals surface area contributed by atoms with E-state index in [1.165, 1.54) is 25.7 Å². The second kappa shape index (κ2) is 5.90. The molecule has 2 heteroatoms. The zero-order chi connectivity index (χ0) is 11.2. The van der Waals surface area contributed by atoms with E-state index in [1.807, 2.05) is 13.1 Å². The van der Waals surface area contributed by atoms with E-state index in [9.17, 15) is 0 Å². The molecule has 1 N–H and O–H groups in total. The first-order valence-electron chi connectivity index (χ1n) is 6.26. The average molecular weight is 219 g/mol. The molecule has 0 aromatic carbocycles. The number of hydrogen-bond donors (Lipinski definition) is 1. The first kappa shape index (κ1) is 11.5. The van der Waals surface area contributed by atoms with Crippen LogP contribution in [0.25, 0.3) is 0 Å². The molecule has 2 nitrogen and oxygen atoms in total. The summed E-state index contributed by atoms with van der Waals surface area (Å²) in [7, 11) is 2.04. The fourth-order valence-corrected chi connectivity index (χ4v) is 2.35. The molecule has 0 aliphatic heterocycles. The molecular weight excluding hydrogens is 198 g/mol. The van der Waals surface area contributed by atoms with Crippen LogP contribution in [-0.2, 0) is 6.42 Å². The van der Waals surface area contributed by atoms with Crippen LogP contribution < -0.4 is 5.32 Å². The van der Waals surface area contributed by atoms with Gasteiger partial charge in [0.15, 0.2) is 0 Å². The summed E-state index contributed by atoms with van der Waals surface area (Å²) in [5, 5.41) is 3.39. The summed E-state index contributed by atoms with van der Waals surface area (Å²) in [5.41, 5.74) is 1.62. The highest BCUT2D eigenvalue weighted by atomic mass is 16.3. The van der Waals surface area contributed by atoms with Gasteiger partial charge in [-0.15, -0.1) is 0 Å². The topological polar surface area (TPSA) is 25.2 Å². The zero-order valence-corrected chi connectivity index (χ0v) is 10.0. The van der Waals surface area contributed by atoms with Crippen LogP contribution in [0, 0.1) is 0 Å². The molecule has 1 unspecified atom stereocenters. The van der Waals surface area contributed by atoms with Crippen molar-refractivity contribution in [3.63, 3.8) is 0 Å². The van der Waals surface area contributed by atoms with Gasteiger partial charge in [-0.1, -0.05) is 11.6 Å². The Morgan fingerprint density at radius 3 is 2.94 bits per heavy atom. The SMILES string of the molecule is CNC(CC1=CCCCC1)Cc1ccco1. The molecule has 0 amide bonds. The van der Waals surface area contributed by atoms with E-state index in [-0.39, 0.29) is 0 Å². The quantitative estimate of drug-likeness (QED) is 0.769. The van der Waals surface area contributed by atoms with Gasteiger partial charge < -0.3 is 9.73 Å². The van der Waals surface area contributed by atoms with Gasteiger partial charge in [0, 0.05) is 12.5 Å².